The van der Waals surface area contributed by atoms with Crippen LogP contribution in [0.2, 0.25) is 5.02 Å². The average Bonchev–Trinajstić information content (AvgIpc) is 2.92. The van der Waals surface area contributed by atoms with Crippen molar-refractivity contribution in [3.05, 3.63) is 64.2 Å². The van der Waals surface area contributed by atoms with Crippen molar-refractivity contribution in [3.63, 3.8) is 0 Å². The molecule has 1 atom stereocenters. The molecule has 1 aliphatic heterocycles. The third kappa shape index (κ3) is 1.86. The summed E-state index contributed by atoms with van der Waals surface area (Å²) in [7, 11) is 0. The number of nitrogens with zero attached hydrogens (tertiary/aromatic N) is 1. The minimum atomic E-state index is -0.842. The SMILES string of the molecule is CC1(C)C(C2C(=O)c3ccc(Cl)cc3C2=O)=Nc2ccccc21. The van der Waals surface area contributed by atoms with E-state index in [1.54, 1.807) is 18.2 Å². The van der Waals surface area contributed by atoms with Gasteiger partial charge in [-0.3, -0.25) is 14.6 Å². The molecule has 4 heteroatoms. The molecule has 2 aromatic carbocycles. The summed E-state index contributed by atoms with van der Waals surface area (Å²) in [5, 5.41) is 0.460. The summed E-state index contributed by atoms with van der Waals surface area (Å²) in [4.78, 5) is 30.3. The molecule has 0 fully saturated rings. The Hall–Kier alpha value is -2.26. The Balaban J connectivity index is 1.85. The van der Waals surface area contributed by atoms with Crippen molar-refractivity contribution in [1.29, 1.82) is 0 Å². The number of aliphatic imine (C=N–C) groups is 1. The van der Waals surface area contributed by atoms with Crippen LogP contribution in [0, 0.1) is 5.92 Å². The van der Waals surface area contributed by atoms with Crippen LogP contribution in [-0.2, 0) is 5.41 Å². The van der Waals surface area contributed by atoms with E-state index in [0.717, 1.165) is 11.3 Å². The lowest BCUT2D eigenvalue weighted by Crippen LogP contribution is -2.37. The molecule has 1 aliphatic carbocycles. The molecule has 1 unspecified atom stereocenters. The highest BCUT2D eigenvalue weighted by Gasteiger charge is 2.49. The van der Waals surface area contributed by atoms with Gasteiger partial charge >= 0.3 is 0 Å². The monoisotopic (exact) mass is 323 g/mol. The highest BCUT2D eigenvalue weighted by Crippen LogP contribution is 2.44. The van der Waals surface area contributed by atoms with Crippen LogP contribution in [0.3, 0.4) is 0 Å². The van der Waals surface area contributed by atoms with Crippen molar-refractivity contribution < 1.29 is 9.59 Å². The second-order valence-electron chi connectivity index (χ2n) is 6.49. The Morgan fingerprint density at radius 3 is 2.43 bits per heavy atom. The van der Waals surface area contributed by atoms with Crippen LogP contribution in [0.5, 0.6) is 0 Å². The Labute approximate surface area is 139 Å². The molecule has 0 N–H and O–H groups in total. The Bertz CT molecular complexity index is 911. The van der Waals surface area contributed by atoms with Crippen LogP contribution < -0.4 is 0 Å². The van der Waals surface area contributed by atoms with Crippen molar-refractivity contribution in [2.24, 2.45) is 10.9 Å². The number of carbonyl (C=O) groups excluding carboxylic acids is 2. The van der Waals surface area contributed by atoms with Gasteiger partial charge in [0.1, 0.15) is 5.92 Å². The molecule has 4 rings (SSSR count). The number of hydrogen-bond acceptors (Lipinski definition) is 3. The first-order valence-corrected chi connectivity index (χ1v) is 7.85. The summed E-state index contributed by atoms with van der Waals surface area (Å²) in [5.74, 6) is -1.22. The van der Waals surface area contributed by atoms with Crippen LogP contribution in [0.25, 0.3) is 0 Å². The molecular formula is C19H14ClNO2. The number of Topliss-reactive ketones (excluding diaryl/α,β-unsaturated/α-hetero) is 2. The molecular weight excluding hydrogens is 310 g/mol. The van der Waals surface area contributed by atoms with Crippen LogP contribution in [-0.4, -0.2) is 17.3 Å². The van der Waals surface area contributed by atoms with Crippen LogP contribution in [0.4, 0.5) is 5.69 Å². The van der Waals surface area contributed by atoms with E-state index < -0.39 is 11.3 Å². The molecule has 0 aromatic heterocycles. The summed E-state index contributed by atoms with van der Waals surface area (Å²) in [6, 6.07) is 12.6. The highest BCUT2D eigenvalue weighted by atomic mass is 35.5. The van der Waals surface area contributed by atoms with Gasteiger partial charge in [0.15, 0.2) is 11.6 Å². The summed E-state index contributed by atoms with van der Waals surface area (Å²) in [6.07, 6.45) is 0. The molecule has 0 radical (unpaired) electrons. The maximum atomic E-state index is 12.8. The van der Waals surface area contributed by atoms with Gasteiger partial charge in [0.2, 0.25) is 0 Å². The van der Waals surface area contributed by atoms with Gasteiger partial charge in [-0.25, -0.2) is 0 Å². The largest absolute Gasteiger partial charge is 0.293 e. The van der Waals surface area contributed by atoms with Crippen molar-refractivity contribution in [2.75, 3.05) is 0 Å². The number of para-hydroxylation sites is 1. The number of benzene rings is 2. The van der Waals surface area contributed by atoms with Gasteiger partial charge in [-0.05, 0) is 29.8 Å². The number of fused-ring (bicyclic) bond motifs is 2. The minimum Gasteiger partial charge on any atom is -0.293 e. The van der Waals surface area contributed by atoms with Gasteiger partial charge in [0, 0.05) is 27.3 Å². The maximum absolute atomic E-state index is 12.8. The third-order valence-corrected chi connectivity index (χ3v) is 5.00. The molecule has 0 bridgehead atoms. The lowest BCUT2D eigenvalue weighted by atomic mass is 9.75. The fourth-order valence-electron chi connectivity index (χ4n) is 3.55. The number of ketones is 2. The fourth-order valence-corrected chi connectivity index (χ4v) is 3.72. The molecule has 3 nitrogen and oxygen atoms in total. The maximum Gasteiger partial charge on any atom is 0.180 e. The number of halogens is 1. The van der Waals surface area contributed by atoms with Crippen molar-refractivity contribution in [1.82, 2.24) is 0 Å². The first-order chi connectivity index (χ1) is 10.9. The Kier molecular flexibility index (Phi) is 2.88. The van der Waals surface area contributed by atoms with E-state index in [0.29, 0.717) is 21.9 Å². The number of rotatable bonds is 1. The molecule has 0 saturated heterocycles. The molecule has 0 spiro atoms. The number of carbonyl (C=O) groups is 2. The van der Waals surface area contributed by atoms with E-state index in [-0.39, 0.29) is 11.6 Å². The van der Waals surface area contributed by atoms with E-state index in [4.69, 9.17) is 11.6 Å². The van der Waals surface area contributed by atoms with Gasteiger partial charge in [0.05, 0.1) is 5.69 Å². The molecule has 0 amide bonds. The summed E-state index contributed by atoms with van der Waals surface area (Å²) < 4.78 is 0. The third-order valence-electron chi connectivity index (χ3n) is 4.77. The van der Waals surface area contributed by atoms with E-state index in [2.05, 4.69) is 4.99 Å². The summed E-state index contributed by atoms with van der Waals surface area (Å²) >= 11 is 5.98. The molecule has 114 valence electrons. The van der Waals surface area contributed by atoms with Gasteiger partial charge in [-0.2, -0.15) is 0 Å². The van der Waals surface area contributed by atoms with Gasteiger partial charge in [0.25, 0.3) is 0 Å². The van der Waals surface area contributed by atoms with Crippen molar-refractivity contribution in [3.8, 4) is 0 Å². The van der Waals surface area contributed by atoms with Crippen molar-refractivity contribution >= 4 is 34.6 Å². The van der Waals surface area contributed by atoms with Crippen LogP contribution in [0.1, 0.15) is 40.1 Å². The zero-order chi connectivity index (χ0) is 16.4. The van der Waals surface area contributed by atoms with Gasteiger partial charge in [-0.15, -0.1) is 0 Å². The topological polar surface area (TPSA) is 46.5 Å². The van der Waals surface area contributed by atoms with E-state index in [1.807, 2.05) is 38.1 Å². The van der Waals surface area contributed by atoms with Crippen LogP contribution in [0.15, 0.2) is 47.5 Å². The van der Waals surface area contributed by atoms with E-state index >= 15 is 0 Å². The quantitative estimate of drug-likeness (QED) is 0.730. The van der Waals surface area contributed by atoms with Gasteiger partial charge < -0.3 is 0 Å². The van der Waals surface area contributed by atoms with Crippen LogP contribution >= 0.6 is 11.6 Å². The Morgan fingerprint density at radius 1 is 1.00 bits per heavy atom. The van der Waals surface area contributed by atoms with Crippen molar-refractivity contribution in [2.45, 2.75) is 19.3 Å². The number of hydrogen-bond donors (Lipinski definition) is 0. The lowest BCUT2D eigenvalue weighted by molar-refractivity contribution is 0.0880. The zero-order valence-electron chi connectivity index (χ0n) is 12.8. The molecule has 1 heterocycles. The molecule has 23 heavy (non-hydrogen) atoms. The summed E-state index contributed by atoms with van der Waals surface area (Å²) in [6.45, 7) is 4.02. The first kappa shape index (κ1) is 14.3. The standard InChI is InChI=1S/C19H14ClNO2/c1-19(2)13-5-3-4-6-14(13)21-18(19)15-16(22)11-8-7-10(20)9-12(11)17(15)23/h3-9,15H,1-2H3. The molecule has 2 aliphatic rings. The smallest absolute Gasteiger partial charge is 0.180 e. The average molecular weight is 324 g/mol. The fraction of sp³-hybridized carbons (Fsp3) is 0.211. The normalized spacial score (nSPS) is 21.2. The summed E-state index contributed by atoms with van der Waals surface area (Å²) in [5.41, 5.74) is 2.91. The predicted molar refractivity (Wildman–Crippen MR) is 90.2 cm³/mol. The zero-order valence-corrected chi connectivity index (χ0v) is 13.5. The minimum absolute atomic E-state index is 0.179. The second kappa shape index (κ2) is 4.62. The Morgan fingerprint density at radius 2 is 1.70 bits per heavy atom. The van der Waals surface area contributed by atoms with E-state index in [1.165, 1.54) is 0 Å². The predicted octanol–water partition coefficient (Wildman–Crippen LogP) is 4.40. The van der Waals surface area contributed by atoms with Gasteiger partial charge in [-0.1, -0.05) is 43.6 Å². The molecule has 0 saturated carbocycles. The highest BCUT2D eigenvalue weighted by molar-refractivity contribution is 6.39. The van der Waals surface area contributed by atoms with E-state index in [9.17, 15) is 9.59 Å². The lowest BCUT2D eigenvalue weighted by Gasteiger charge is -2.24. The molecule has 2 aromatic rings. The first-order valence-electron chi connectivity index (χ1n) is 7.48. The second-order valence-corrected chi connectivity index (χ2v) is 6.93.